The summed E-state index contributed by atoms with van der Waals surface area (Å²) in [4.78, 5) is 12.1. The minimum absolute atomic E-state index is 0.398. The van der Waals surface area contributed by atoms with E-state index in [9.17, 15) is 4.79 Å². The first-order valence-corrected chi connectivity index (χ1v) is 5.33. The maximum absolute atomic E-state index is 10.4. The molecule has 1 atom stereocenters. The Hall–Kier alpha value is -1.82. The first-order valence-electron chi connectivity index (χ1n) is 5.33. The second kappa shape index (κ2) is 5.92. The van der Waals surface area contributed by atoms with Crippen LogP contribution < -0.4 is 0 Å². The zero-order chi connectivity index (χ0) is 12.0. The molecule has 0 saturated heterocycles. The van der Waals surface area contributed by atoms with E-state index in [-0.39, 0.29) is 0 Å². The number of nitriles is 1. The number of hydrogen-bond donors (Lipinski definition) is 0. The van der Waals surface area contributed by atoms with Crippen LogP contribution in [0.25, 0.3) is 0 Å². The molecule has 0 heterocycles. The lowest BCUT2D eigenvalue weighted by atomic mass is 9.97. The monoisotopic (exact) mass is 216 g/mol. The minimum atomic E-state index is 0.398. The van der Waals surface area contributed by atoms with Gasteiger partial charge in [-0.25, -0.2) is 0 Å². The van der Waals surface area contributed by atoms with Crippen LogP contribution in [0.3, 0.4) is 0 Å². The summed E-state index contributed by atoms with van der Waals surface area (Å²) in [5.41, 5.74) is 1.89. The van der Waals surface area contributed by atoms with Crippen molar-refractivity contribution in [1.29, 1.82) is 5.26 Å². The predicted molar refractivity (Wildman–Crippen MR) is 62.9 cm³/mol. The number of amides is 1. The molecule has 0 saturated carbocycles. The maximum atomic E-state index is 10.4. The van der Waals surface area contributed by atoms with Crippen LogP contribution in [-0.2, 0) is 4.79 Å². The Kier molecular flexibility index (Phi) is 4.53. The number of carbonyl (C=O) groups is 1. The third-order valence-electron chi connectivity index (χ3n) is 2.70. The van der Waals surface area contributed by atoms with Crippen molar-refractivity contribution in [2.75, 3.05) is 13.6 Å². The predicted octanol–water partition coefficient (Wildman–Crippen LogP) is 2.14. The van der Waals surface area contributed by atoms with E-state index < -0.39 is 0 Å². The zero-order valence-electron chi connectivity index (χ0n) is 9.68. The van der Waals surface area contributed by atoms with E-state index in [4.69, 9.17) is 5.26 Å². The fourth-order valence-corrected chi connectivity index (χ4v) is 1.50. The van der Waals surface area contributed by atoms with E-state index in [0.717, 1.165) is 19.4 Å². The lowest BCUT2D eigenvalue weighted by molar-refractivity contribution is -0.117. The van der Waals surface area contributed by atoms with Crippen molar-refractivity contribution in [3.05, 3.63) is 35.4 Å². The first kappa shape index (κ1) is 12.3. The van der Waals surface area contributed by atoms with Gasteiger partial charge in [0.1, 0.15) is 0 Å². The van der Waals surface area contributed by atoms with Crippen LogP contribution in [0.15, 0.2) is 24.3 Å². The van der Waals surface area contributed by atoms with E-state index in [0.29, 0.717) is 11.5 Å². The summed E-state index contributed by atoms with van der Waals surface area (Å²) in [7, 11) is 1.78. The molecular formula is C13H16N2O. The fourth-order valence-electron chi connectivity index (χ4n) is 1.50. The van der Waals surface area contributed by atoms with Gasteiger partial charge in [-0.1, -0.05) is 19.1 Å². The van der Waals surface area contributed by atoms with E-state index >= 15 is 0 Å². The van der Waals surface area contributed by atoms with Crippen LogP contribution in [0.2, 0.25) is 0 Å². The molecule has 0 aromatic heterocycles. The van der Waals surface area contributed by atoms with Crippen LogP contribution in [0, 0.1) is 11.3 Å². The highest BCUT2D eigenvalue weighted by Crippen LogP contribution is 2.19. The molecular weight excluding hydrogens is 200 g/mol. The van der Waals surface area contributed by atoms with Crippen LogP contribution in [0.4, 0.5) is 0 Å². The average Bonchev–Trinajstić information content (AvgIpc) is 2.35. The summed E-state index contributed by atoms with van der Waals surface area (Å²) in [5.74, 6) is 0.398. The summed E-state index contributed by atoms with van der Waals surface area (Å²) in [6, 6.07) is 9.71. The maximum Gasteiger partial charge on any atom is 0.209 e. The highest BCUT2D eigenvalue weighted by atomic mass is 16.1. The van der Waals surface area contributed by atoms with Crippen LogP contribution in [0.1, 0.15) is 30.4 Å². The van der Waals surface area contributed by atoms with Gasteiger partial charge in [-0.3, -0.25) is 4.79 Å². The van der Waals surface area contributed by atoms with Crippen LogP contribution in [0.5, 0.6) is 0 Å². The highest BCUT2D eigenvalue weighted by Gasteiger charge is 2.06. The molecule has 0 aliphatic rings. The second-order valence-corrected chi connectivity index (χ2v) is 4.01. The van der Waals surface area contributed by atoms with Crippen molar-refractivity contribution >= 4 is 6.41 Å². The molecule has 0 fully saturated rings. The van der Waals surface area contributed by atoms with Gasteiger partial charge in [0.2, 0.25) is 6.41 Å². The summed E-state index contributed by atoms with van der Waals surface area (Å²) in [6.45, 7) is 2.88. The topological polar surface area (TPSA) is 44.1 Å². The number of rotatable bonds is 5. The van der Waals surface area contributed by atoms with Crippen molar-refractivity contribution in [3.8, 4) is 6.07 Å². The Bertz CT molecular complexity index is 378. The molecule has 0 radical (unpaired) electrons. The summed E-state index contributed by atoms with van der Waals surface area (Å²) in [5, 5.41) is 8.68. The first-order chi connectivity index (χ1) is 7.67. The van der Waals surface area contributed by atoms with Gasteiger partial charge < -0.3 is 4.90 Å². The quantitative estimate of drug-likeness (QED) is 0.708. The zero-order valence-corrected chi connectivity index (χ0v) is 9.68. The Morgan fingerprint density at radius 3 is 2.56 bits per heavy atom. The van der Waals surface area contributed by atoms with E-state index in [2.05, 4.69) is 13.0 Å². The SMILES string of the molecule is CC(CCN(C)C=O)c1ccc(C#N)cc1. The number of nitrogens with zero attached hydrogens (tertiary/aromatic N) is 2. The van der Waals surface area contributed by atoms with Gasteiger partial charge in [-0.05, 0) is 30.0 Å². The molecule has 1 rings (SSSR count). The summed E-state index contributed by atoms with van der Waals surface area (Å²) in [6.07, 6.45) is 1.77. The van der Waals surface area contributed by atoms with Crippen molar-refractivity contribution in [2.24, 2.45) is 0 Å². The van der Waals surface area contributed by atoms with Crippen molar-refractivity contribution < 1.29 is 4.79 Å². The van der Waals surface area contributed by atoms with Gasteiger partial charge >= 0.3 is 0 Å². The van der Waals surface area contributed by atoms with Gasteiger partial charge in [0, 0.05) is 13.6 Å². The molecule has 1 aromatic carbocycles. The molecule has 3 heteroatoms. The largest absolute Gasteiger partial charge is 0.348 e. The third-order valence-corrected chi connectivity index (χ3v) is 2.70. The average molecular weight is 216 g/mol. The number of hydrogen-bond acceptors (Lipinski definition) is 2. The van der Waals surface area contributed by atoms with Gasteiger partial charge in [-0.2, -0.15) is 5.26 Å². The molecule has 0 spiro atoms. The third kappa shape index (κ3) is 3.39. The van der Waals surface area contributed by atoms with Gasteiger partial charge in [0.05, 0.1) is 11.6 Å². The summed E-state index contributed by atoms with van der Waals surface area (Å²) >= 11 is 0. The Morgan fingerprint density at radius 1 is 1.44 bits per heavy atom. The van der Waals surface area contributed by atoms with Gasteiger partial charge in [-0.15, -0.1) is 0 Å². The molecule has 1 aromatic rings. The van der Waals surface area contributed by atoms with Crippen molar-refractivity contribution in [1.82, 2.24) is 4.90 Å². The summed E-state index contributed by atoms with van der Waals surface area (Å²) < 4.78 is 0. The second-order valence-electron chi connectivity index (χ2n) is 4.01. The molecule has 1 amide bonds. The molecule has 3 nitrogen and oxygen atoms in total. The Balaban J connectivity index is 2.56. The number of benzene rings is 1. The molecule has 0 aliphatic carbocycles. The lowest BCUT2D eigenvalue weighted by Gasteiger charge is -2.15. The smallest absolute Gasteiger partial charge is 0.209 e. The molecule has 84 valence electrons. The van der Waals surface area contributed by atoms with Crippen LogP contribution >= 0.6 is 0 Å². The molecule has 0 bridgehead atoms. The van der Waals surface area contributed by atoms with Gasteiger partial charge in [0.15, 0.2) is 0 Å². The van der Waals surface area contributed by atoms with Crippen molar-refractivity contribution in [3.63, 3.8) is 0 Å². The Labute approximate surface area is 96.3 Å². The highest BCUT2D eigenvalue weighted by molar-refractivity contribution is 5.46. The molecule has 0 N–H and O–H groups in total. The van der Waals surface area contributed by atoms with Gasteiger partial charge in [0.25, 0.3) is 0 Å². The standard InChI is InChI=1S/C13H16N2O/c1-11(7-8-15(2)10-16)13-5-3-12(9-14)4-6-13/h3-6,10-11H,7-8H2,1-2H3. The fraction of sp³-hybridized carbons (Fsp3) is 0.385. The Morgan fingerprint density at radius 2 is 2.06 bits per heavy atom. The number of carbonyl (C=O) groups excluding carboxylic acids is 1. The molecule has 16 heavy (non-hydrogen) atoms. The van der Waals surface area contributed by atoms with E-state index in [1.807, 2.05) is 24.3 Å². The van der Waals surface area contributed by atoms with Crippen molar-refractivity contribution in [2.45, 2.75) is 19.3 Å². The molecule has 1 unspecified atom stereocenters. The minimum Gasteiger partial charge on any atom is -0.348 e. The van der Waals surface area contributed by atoms with E-state index in [1.165, 1.54) is 5.56 Å². The van der Waals surface area contributed by atoms with E-state index in [1.54, 1.807) is 11.9 Å². The van der Waals surface area contributed by atoms with Crippen LogP contribution in [-0.4, -0.2) is 24.9 Å². The normalized spacial score (nSPS) is 11.6. The lowest BCUT2D eigenvalue weighted by Crippen LogP contribution is -2.18. The molecule has 0 aliphatic heterocycles.